The number of rotatable bonds is 4. The molecule has 7 heteroatoms. The third-order valence-corrected chi connectivity index (χ3v) is 4.74. The number of hydrogen-bond donors (Lipinski definition) is 1. The van der Waals surface area contributed by atoms with Gasteiger partial charge in [0.2, 0.25) is 5.89 Å². The van der Waals surface area contributed by atoms with Crippen molar-refractivity contribution in [1.82, 2.24) is 20.4 Å². The lowest BCUT2D eigenvalue weighted by Crippen LogP contribution is -2.23. The minimum atomic E-state index is -0.251. The van der Waals surface area contributed by atoms with Gasteiger partial charge in [0.1, 0.15) is 10.7 Å². The van der Waals surface area contributed by atoms with Crippen LogP contribution in [0.2, 0.25) is 0 Å². The molecular formula is C19H22N4O2S. The van der Waals surface area contributed by atoms with Crippen LogP contribution in [0.3, 0.4) is 0 Å². The molecule has 3 aromatic rings. The quantitative estimate of drug-likeness (QED) is 0.750. The van der Waals surface area contributed by atoms with Crippen molar-refractivity contribution in [2.45, 2.75) is 46.6 Å². The lowest BCUT2D eigenvalue weighted by Gasteiger charge is -2.10. The van der Waals surface area contributed by atoms with Crippen molar-refractivity contribution < 1.29 is 9.32 Å². The first-order valence-electron chi connectivity index (χ1n) is 8.38. The third kappa shape index (κ3) is 3.99. The van der Waals surface area contributed by atoms with Gasteiger partial charge in [0, 0.05) is 16.4 Å². The SMILES string of the molecule is Cc1ccc(-c2nc(C(=O)NCc3noc(C(C)(C)C)n3)cs2)c(C)c1. The molecule has 0 unspecified atom stereocenters. The molecular weight excluding hydrogens is 348 g/mol. The molecule has 2 aromatic heterocycles. The topological polar surface area (TPSA) is 80.9 Å². The van der Waals surface area contributed by atoms with Crippen LogP contribution in [0.4, 0.5) is 0 Å². The molecule has 2 heterocycles. The first-order valence-corrected chi connectivity index (χ1v) is 9.26. The minimum Gasteiger partial charge on any atom is -0.343 e. The third-order valence-electron chi connectivity index (χ3n) is 3.87. The predicted octanol–water partition coefficient (Wildman–Crippen LogP) is 4.04. The summed E-state index contributed by atoms with van der Waals surface area (Å²) in [7, 11) is 0. The highest BCUT2D eigenvalue weighted by molar-refractivity contribution is 7.13. The van der Waals surface area contributed by atoms with Gasteiger partial charge in [-0.05, 0) is 19.4 Å². The van der Waals surface area contributed by atoms with Crippen LogP contribution >= 0.6 is 11.3 Å². The number of thiazole rings is 1. The van der Waals surface area contributed by atoms with Gasteiger partial charge < -0.3 is 9.84 Å². The lowest BCUT2D eigenvalue weighted by atomic mass is 9.97. The van der Waals surface area contributed by atoms with Gasteiger partial charge in [0.25, 0.3) is 5.91 Å². The Hall–Kier alpha value is -2.54. The summed E-state index contributed by atoms with van der Waals surface area (Å²) < 4.78 is 5.23. The highest BCUT2D eigenvalue weighted by Gasteiger charge is 2.22. The summed E-state index contributed by atoms with van der Waals surface area (Å²) in [6.07, 6.45) is 0. The first kappa shape index (κ1) is 18.3. The monoisotopic (exact) mass is 370 g/mol. The fraction of sp³-hybridized carbons (Fsp3) is 0.368. The molecule has 0 aliphatic rings. The summed E-state index contributed by atoms with van der Waals surface area (Å²) >= 11 is 1.46. The average Bonchev–Trinajstić information content (AvgIpc) is 3.21. The smallest absolute Gasteiger partial charge is 0.271 e. The van der Waals surface area contributed by atoms with E-state index >= 15 is 0 Å². The fourth-order valence-electron chi connectivity index (χ4n) is 2.44. The molecule has 1 aromatic carbocycles. The van der Waals surface area contributed by atoms with Gasteiger partial charge in [-0.15, -0.1) is 11.3 Å². The van der Waals surface area contributed by atoms with E-state index in [1.54, 1.807) is 5.38 Å². The van der Waals surface area contributed by atoms with E-state index in [-0.39, 0.29) is 17.9 Å². The molecule has 0 fully saturated rings. The Balaban J connectivity index is 1.68. The highest BCUT2D eigenvalue weighted by Crippen LogP contribution is 2.27. The molecule has 0 spiro atoms. The van der Waals surface area contributed by atoms with E-state index in [9.17, 15) is 4.79 Å². The van der Waals surface area contributed by atoms with E-state index in [1.165, 1.54) is 16.9 Å². The minimum absolute atomic E-state index is 0.203. The largest absolute Gasteiger partial charge is 0.343 e. The maximum atomic E-state index is 12.4. The van der Waals surface area contributed by atoms with Crippen molar-refractivity contribution in [1.29, 1.82) is 0 Å². The molecule has 136 valence electrons. The summed E-state index contributed by atoms with van der Waals surface area (Å²) in [5.74, 6) is 0.750. The van der Waals surface area contributed by atoms with E-state index in [2.05, 4.69) is 33.4 Å². The number of nitrogens with one attached hydrogen (secondary N) is 1. The summed E-state index contributed by atoms with van der Waals surface area (Å²) in [5.41, 5.74) is 3.57. The summed E-state index contributed by atoms with van der Waals surface area (Å²) in [4.78, 5) is 21.1. The van der Waals surface area contributed by atoms with Gasteiger partial charge in [-0.3, -0.25) is 4.79 Å². The van der Waals surface area contributed by atoms with Gasteiger partial charge in [-0.25, -0.2) is 4.98 Å². The van der Waals surface area contributed by atoms with Gasteiger partial charge in [0.15, 0.2) is 5.82 Å². The van der Waals surface area contributed by atoms with E-state index in [4.69, 9.17) is 4.52 Å². The molecule has 1 N–H and O–H groups in total. The Kier molecular flexibility index (Phi) is 4.91. The molecule has 1 amide bonds. The molecule has 0 atom stereocenters. The molecule has 0 bridgehead atoms. The number of aryl methyl sites for hydroxylation is 2. The Morgan fingerprint density at radius 2 is 2.00 bits per heavy atom. The second-order valence-electron chi connectivity index (χ2n) is 7.30. The molecule has 6 nitrogen and oxygen atoms in total. The number of aromatic nitrogens is 3. The number of nitrogens with zero attached hydrogens (tertiary/aromatic N) is 3. The molecule has 26 heavy (non-hydrogen) atoms. The van der Waals surface area contributed by atoms with E-state index in [0.29, 0.717) is 17.4 Å². The lowest BCUT2D eigenvalue weighted by molar-refractivity contribution is 0.0945. The van der Waals surface area contributed by atoms with Crippen molar-refractivity contribution in [2.24, 2.45) is 0 Å². The number of carbonyl (C=O) groups is 1. The second-order valence-corrected chi connectivity index (χ2v) is 8.16. The first-order chi connectivity index (χ1) is 12.2. The zero-order chi connectivity index (χ0) is 18.9. The zero-order valence-corrected chi connectivity index (χ0v) is 16.4. The van der Waals surface area contributed by atoms with Crippen LogP contribution in [0.15, 0.2) is 28.1 Å². The van der Waals surface area contributed by atoms with Gasteiger partial charge in [-0.1, -0.05) is 49.7 Å². The van der Waals surface area contributed by atoms with Crippen LogP contribution in [-0.2, 0) is 12.0 Å². The Morgan fingerprint density at radius 3 is 2.65 bits per heavy atom. The Morgan fingerprint density at radius 1 is 1.23 bits per heavy atom. The van der Waals surface area contributed by atoms with Crippen molar-refractivity contribution in [3.63, 3.8) is 0 Å². The van der Waals surface area contributed by atoms with Crippen LogP contribution in [0, 0.1) is 13.8 Å². The highest BCUT2D eigenvalue weighted by atomic mass is 32.1. The predicted molar refractivity (Wildman–Crippen MR) is 101 cm³/mol. The standard InChI is InChI=1S/C19H22N4O2S/c1-11-6-7-13(12(2)8-11)17-21-14(10-26-17)16(24)20-9-15-22-18(25-23-15)19(3,4)5/h6-8,10H,9H2,1-5H3,(H,20,24). The fourth-order valence-corrected chi connectivity index (χ4v) is 3.33. The summed E-state index contributed by atoms with van der Waals surface area (Å²) in [6, 6.07) is 6.20. The van der Waals surface area contributed by atoms with Crippen LogP contribution < -0.4 is 5.32 Å². The number of benzene rings is 1. The summed E-state index contributed by atoms with van der Waals surface area (Å²) in [5, 5.41) is 9.29. The number of amides is 1. The normalized spacial score (nSPS) is 11.6. The van der Waals surface area contributed by atoms with Crippen molar-refractivity contribution in [3.05, 3.63) is 52.1 Å². The van der Waals surface area contributed by atoms with Crippen LogP contribution in [0.5, 0.6) is 0 Å². The second kappa shape index (κ2) is 6.99. The Bertz CT molecular complexity index is 937. The van der Waals surface area contributed by atoms with Gasteiger partial charge in [0.05, 0.1) is 6.54 Å². The molecule has 0 radical (unpaired) electrons. The zero-order valence-electron chi connectivity index (χ0n) is 15.6. The van der Waals surface area contributed by atoms with Crippen LogP contribution in [0.1, 0.15) is 54.1 Å². The molecule has 0 aliphatic heterocycles. The Labute approximate surface area is 156 Å². The number of hydrogen-bond acceptors (Lipinski definition) is 6. The maximum Gasteiger partial charge on any atom is 0.271 e. The molecule has 0 saturated heterocycles. The van der Waals surface area contributed by atoms with E-state index < -0.39 is 0 Å². The molecule has 0 aliphatic carbocycles. The van der Waals surface area contributed by atoms with Crippen molar-refractivity contribution >= 4 is 17.2 Å². The van der Waals surface area contributed by atoms with E-state index in [1.807, 2.05) is 39.8 Å². The molecule has 3 rings (SSSR count). The van der Waals surface area contributed by atoms with Crippen molar-refractivity contribution in [3.8, 4) is 10.6 Å². The van der Waals surface area contributed by atoms with Crippen LogP contribution in [0.25, 0.3) is 10.6 Å². The number of carbonyl (C=O) groups excluding carboxylic acids is 1. The van der Waals surface area contributed by atoms with Gasteiger partial charge >= 0.3 is 0 Å². The van der Waals surface area contributed by atoms with Crippen LogP contribution in [-0.4, -0.2) is 21.0 Å². The summed E-state index contributed by atoms with van der Waals surface area (Å²) in [6.45, 7) is 10.3. The maximum absolute atomic E-state index is 12.4. The molecule has 0 saturated carbocycles. The van der Waals surface area contributed by atoms with Gasteiger partial charge in [-0.2, -0.15) is 4.98 Å². The van der Waals surface area contributed by atoms with E-state index in [0.717, 1.165) is 16.1 Å². The average molecular weight is 370 g/mol. The van der Waals surface area contributed by atoms with Crippen molar-refractivity contribution in [2.75, 3.05) is 0 Å².